The normalized spacial score (nSPS) is 29.2. The van der Waals surface area contributed by atoms with E-state index in [1.165, 1.54) is 12.8 Å². The van der Waals surface area contributed by atoms with Crippen LogP contribution in [-0.2, 0) is 23.2 Å². The van der Waals surface area contributed by atoms with Crippen molar-refractivity contribution in [3.05, 3.63) is 40.0 Å². The minimum Gasteiger partial charge on any atom is -1.00 e. The molecule has 0 N–H and O–H groups in total. The van der Waals surface area contributed by atoms with Crippen molar-refractivity contribution in [1.29, 1.82) is 0 Å². The largest absolute Gasteiger partial charge is 1.00 e. The minimum atomic E-state index is -0.762. The Balaban J connectivity index is 0.00000288. The molecule has 2 aliphatic carbocycles. The molecule has 140 valence electrons. The van der Waals surface area contributed by atoms with E-state index in [9.17, 15) is 0 Å². The van der Waals surface area contributed by atoms with Gasteiger partial charge >= 0.3 is 156 Å². The van der Waals surface area contributed by atoms with E-state index in [-0.39, 0.29) is 24.8 Å². The molecular formula is C22H34Cl2Zr. The molecule has 25 heavy (non-hydrogen) atoms. The van der Waals surface area contributed by atoms with Crippen molar-refractivity contribution in [3.63, 3.8) is 0 Å². The topological polar surface area (TPSA) is 0 Å². The van der Waals surface area contributed by atoms with Crippen molar-refractivity contribution in [3.8, 4) is 0 Å². The molecule has 0 radical (unpaired) electrons. The van der Waals surface area contributed by atoms with Gasteiger partial charge in [-0.1, -0.05) is 0 Å². The smallest absolute Gasteiger partial charge is 1.00 e. The second kappa shape index (κ2) is 8.62. The summed E-state index contributed by atoms with van der Waals surface area (Å²) in [5.41, 5.74) is 10.3. The van der Waals surface area contributed by atoms with Crippen LogP contribution in [0.25, 0.3) is 0 Å². The quantitative estimate of drug-likeness (QED) is 0.591. The van der Waals surface area contributed by atoms with Crippen LogP contribution in [0.5, 0.6) is 0 Å². The third kappa shape index (κ3) is 3.60. The zero-order chi connectivity index (χ0) is 17.7. The summed E-state index contributed by atoms with van der Waals surface area (Å²) in [6.07, 6.45) is 2.48. The SMILES string of the molecule is CCC1(C)C(C)=C(C)C(C)=[C]1[Zr+2][C]1=C(C)C(C)=C(C)C1(C)CC.[Cl-].[Cl-]. The second-order valence-electron chi connectivity index (χ2n) is 8.00. The Morgan fingerprint density at radius 3 is 1.12 bits per heavy atom. The van der Waals surface area contributed by atoms with Gasteiger partial charge in [0.05, 0.1) is 0 Å². The molecule has 0 aromatic carbocycles. The van der Waals surface area contributed by atoms with Crippen LogP contribution in [0.2, 0.25) is 0 Å². The molecular weight excluding hydrogens is 426 g/mol. The number of hydrogen-bond donors (Lipinski definition) is 0. The standard InChI is InChI=1S/2C11H17.2ClH.Zr/c2*1-6-11(5)7-8(2)9(3)10(11)4;;;/h2*6H2,1-5H3;2*1H;/q;;;;+2/p-2. The fraction of sp³-hybridized carbons (Fsp3) is 0.636. The van der Waals surface area contributed by atoms with Gasteiger partial charge in [0.1, 0.15) is 0 Å². The van der Waals surface area contributed by atoms with Gasteiger partial charge in [0.2, 0.25) is 0 Å². The number of hydrogen-bond acceptors (Lipinski definition) is 0. The van der Waals surface area contributed by atoms with Gasteiger partial charge in [0, 0.05) is 0 Å². The van der Waals surface area contributed by atoms with E-state index in [2.05, 4.69) is 69.2 Å². The maximum absolute atomic E-state index is 2.50. The summed E-state index contributed by atoms with van der Waals surface area (Å²) < 4.78 is 3.69. The summed E-state index contributed by atoms with van der Waals surface area (Å²) in [6, 6.07) is 0. The van der Waals surface area contributed by atoms with E-state index >= 15 is 0 Å². The van der Waals surface area contributed by atoms with Gasteiger partial charge in [-0.25, -0.2) is 0 Å². The van der Waals surface area contributed by atoms with Crippen LogP contribution in [0.1, 0.15) is 82.1 Å². The van der Waals surface area contributed by atoms with Gasteiger partial charge in [0.15, 0.2) is 0 Å². The predicted molar refractivity (Wildman–Crippen MR) is 98.9 cm³/mol. The fourth-order valence-electron chi connectivity index (χ4n) is 4.44. The Kier molecular flexibility index (Phi) is 8.77. The van der Waals surface area contributed by atoms with Crippen LogP contribution in [0.3, 0.4) is 0 Å². The van der Waals surface area contributed by atoms with Crippen molar-refractivity contribution in [1.82, 2.24) is 0 Å². The molecule has 0 amide bonds. The Labute approximate surface area is 180 Å². The van der Waals surface area contributed by atoms with Crippen molar-refractivity contribution in [2.75, 3.05) is 0 Å². The molecule has 0 saturated heterocycles. The Morgan fingerprint density at radius 2 is 0.880 bits per heavy atom. The summed E-state index contributed by atoms with van der Waals surface area (Å²) in [6.45, 7) is 23.9. The van der Waals surface area contributed by atoms with Crippen molar-refractivity contribution >= 4 is 0 Å². The van der Waals surface area contributed by atoms with E-state index < -0.39 is 23.2 Å². The molecule has 0 bridgehead atoms. The van der Waals surface area contributed by atoms with Crippen LogP contribution < -0.4 is 24.8 Å². The maximum Gasteiger partial charge on any atom is -1.00 e. The van der Waals surface area contributed by atoms with E-state index in [4.69, 9.17) is 0 Å². The molecule has 0 spiro atoms. The number of rotatable bonds is 4. The molecule has 2 aliphatic rings. The third-order valence-electron chi connectivity index (χ3n) is 7.42. The Hall–Kier alpha value is 0.423. The van der Waals surface area contributed by atoms with E-state index in [0.29, 0.717) is 10.8 Å². The summed E-state index contributed by atoms with van der Waals surface area (Å²) in [5.74, 6) is 0. The molecule has 0 aliphatic heterocycles. The van der Waals surface area contributed by atoms with Gasteiger partial charge < -0.3 is 24.8 Å². The molecule has 3 heteroatoms. The Morgan fingerprint density at radius 1 is 0.600 bits per heavy atom. The molecule has 0 aromatic rings. The minimum absolute atomic E-state index is 0. The first-order valence-corrected chi connectivity index (χ1v) is 11.6. The molecule has 0 saturated carbocycles. The van der Waals surface area contributed by atoms with Crippen LogP contribution in [0.4, 0.5) is 0 Å². The molecule has 0 nitrogen and oxygen atoms in total. The predicted octanol–water partition coefficient (Wildman–Crippen LogP) is 1.16. The van der Waals surface area contributed by atoms with Crippen LogP contribution in [0.15, 0.2) is 40.0 Å². The van der Waals surface area contributed by atoms with Gasteiger partial charge in [0.25, 0.3) is 0 Å². The Bertz CT molecular complexity index is 620. The van der Waals surface area contributed by atoms with Crippen LogP contribution in [-0.4, -0.2) is 0 Å². The average molecular weight is 461 g/mol. The molecule has 2 unspecified atom stereocenters. The molecule has 2 rings (SSSR count). The van der Waals surface area contributed by atoms with Gasteiger partial charge in [-0.15, -0.1) is 0 Å². The number of allylic oxidation sites excluding steroid dienone is 8. The monoisotopic (exact) mass is 458 g/mol. The van der Waals surface area contributed by atoms with E-state index in [1.807, 2.05) is 6.56 Å². The molecule has 0 aromatic heterocycles. The zero-order valence-corrected chi connectivity index (χ0v) is 21.6. The fourth-order valence-corrected chi connectivity index (χ4v) is 10.0. The number of halogens is 2. The summed E-state index contributed by atoms with van der Waals surface area (Å²) >= 11 is -0.762. The van der Waals surface area contributed by atoms with Gasteiger partial charge in [-0.3, -0.25) is 0 Å². The molecule has 0 fully saturated rings. The van der Waals surface area contributed by atoms with Crippen molar-refractivity contribution < 1.29 is 48.0 Å². The first-order valence-electron chi connectivity index (χ1n) is 9.12. The summed E-state index contributed by atoms with van der Waals surface area (Å²) in [4.78, 5) is 0. The first kappa shape index (κ1) is 25.4. The van der Waals surface area contributed by atoms with Gasteiger partial charge in [-0.2, -0.15) is 0 Å². The summed E-state index contributed by atoms with van der Waals surface area (Å²) in [7, 11) is 0. The van der Waals surface area contributed by atoms with Gasteiger partial charge in [-0.05, 0) is 0 Å². The first-order chi connectivity index (χ1) is 10.6. The average Bonchev–Trinajstić information content (AvgIpc) is 2.81. The van der Waals surface area contributed by atoms with E-state index in [1.54, 1.807) is 33.4 Å². The zero-order valence-electron chi connectivity index (χ0n) is 17.7. The summed E-state index contributed by atoms with van der Waals surface area (Å²) in [5, 5.41) is 0. The maximum atomic E-state index is 2.50. The molecule has 0 heterocycles. The van der Waals surface area contributed by atoms with Crippen LogP contribution >= 0.6 is 0 Å². The van der Waals surface area contributed by atoms with Crippen molar-refractivity contribution in [2.45, 2.75) is 82.1 Å². The van der Waals surface area contributed by atoms with E-state index in [0.717, 1.165) is 0 Å². The second-order valence-corrected chi connectivity index (χ2v) is 11.1. The molecule has 2 atom stereocenters. The van der Waals surface area contributed by atoms with Crippen LogP contribution in [0, 0.1) is 10.8 Å². The third-order valence-corrected chi connectivity index (χ3v) is 13.2. The van der Waals surface area contributed by atoms with Crippen molar-refractivity contribution in [2.24, 2.45) is 10.8 Å².